The van der Waals surface area contributed by atoms with Crippen LogP contribution < -0.4 is 11.1 Å². The molecule has 0 fully saturated rings. The van der Waals surface area contributed by atoms with Crippen LogP contribution in [0.15, 0.2) is 95.4 Å². The number of halogens is 1. The Bertz CT molecular complexity index is 1570. The van der Waals surface area contributed by atoms with Gasteiger partial charge in [0.25, 0.3) is 5.91 Å². The lowest BCUT2D eigenvalue weighted by molar-refractivity contribution is 0.0963. The van der Waals surface area contributed by atoms with E-state index in [0.717, 1.165) is 22.3 Å². The number of carbonyl (C=O) groups excluding carboxylic acids is 2. The van der Waals surface area contributed by atoms with Gasteiger partial charge in [0.05, 0.1) is 5.56 Å². The van der Waals surface area contributed by atoms with Gasteiger partial charge < -0.3 is 15.5 Å². The molecule has 4 aromatic carbocycles. The van der Waals surface area contributed by atoms with E-state index in [1.165, 1.54) is 12.1 Å². The van der Waals surface area contributed by atoms with E-state index in [1.54, 1.807) is 31.3 Å². The van der Waals surface area contributed by atoms with Gasteiger partial charge >= 0.3 is 0 Å². The monoisotopic (exact) mass is 464 g/mol. The summed E-state index contributed by atoms with van der Waals surface area (Å²) < 4.78 is 19.5. The summed E-state index contributed by atoms with van der Waals surface area (Å²) in [4.78, 5) is 24.6. The van der Waals surface area contributed by atoms with Crippen LogP contribution in [-0.4, -0.2) is 18.9 Å². The van der Waals surface area contributed by atoms with Gasteiger partial charge in [0.15, 0.2) is 0 Å². The lowest BCUT2D eigenvalue weighted by Gasteiger charge is -2.08. The van der Waals surface area contributed by atoms with Crippen molar-refractivity contribution in [2.24, 2.45) is 5.73 Å². The van der Waals surface area contributed by atoms with Crippen molar-refractivity contribution >= 4 is 22.8 Å². The summed E-state index contributed by atoms with van der Waals surface area (Å²) in [6.07, 6.45) is 0. The molecule has 5 rings (SSSR count). The molecule has 1 aromatic heterocycles. The zero-order chi connectivity index (χ0) is 24.5. The van der Waals surface area contributed by atoms with Crippen molar-refractivity contribution in [1.82, 2.24) is 5.32 Å². The topological polar surface area (TPSA) is 85.3 Å². The molecular weight excluding hydrogens is 443 g/mol. The number of benzene rings is 4. The number of hydrogen-bond donors (Lipinski definition) is 2. The molecule has 0 bridgehead atoms. The number of hydrogen-bond acceptors (Lipinski definition) is 3. The van der Waals surface area contributed by atoms with Gasteiger partial charge in [-0.1, -0.05) is 48.5 Å². The summed E-state index contributed by atoms with van der Waals surface area (Å²) in [6.45, 7) is 0. The van der Waals surface area contributed by atoms with Crippen LogP contribution in [-0.2, 0) is 0 Å². The number of nitrogens with two attached hydrogens (primary N) is 1. The van der Waals surface area contributed by atoms with Gasteiger partial charge in [-0.15, -0.1) is 0 Å². The van der Waals surface area contributed by atoms with Crippen LogP contribution in [0.5, 0.6) is 0 Å². The molecule has 0 aliphatic rings. The predicted molar refractivity (Wildman–Crippen MR) is 134 cm³/mol. The van der Waals surface area contributed by atoms with Crippen molar-refractivity contribution in [3.63, 3.8) is 0 Å². The number of nitrogens with one attached hydrogen (secondary N) is 1. The van der Waals surface area contributed by atoms with Crippen molar-refractivity contribution in [3.8, 4) is 33.6 Å². The first-order valence-electron chi connectivity index (χ1n) is 11.0. The third-order valence-corrected chi connectivity index (χ3v) is 5.97. The highest BCUT2D eigenvalue weighted by atomic mass is 19.1. The Kier molecular flexibility index (Phi) is 5.63. The third-order valence-electron chi connectivity index (χ3n) is 5.97. The minimum absolute atomic E-state index is 0.293. The van der Waals surface area contributed by atoms with E-state index in [-0.39, 0.29) is 11.7 Å². The second-order valence-corrected chi connectivity index (χ2v) is 8.09. The van der Waals surface area contributed by atoms with E-state index < -0.39 is 5.91 Å². The van der Waals surface area contributed by atoms with Crippen molar-refractivity contribution in [1.29, 1.82) is 0 Å². The molecule has 0 aliphatic carbocycles. The molecule has 35 heavy (non-hydrogen) atoms. The Morgan fingerprint density at radius 2 is 1.43 bits per heavy atom. The van der Waals surface area contributed by atoms with Crippen molar-refractivity contribution in [2.45, 2.75) is 0 Å². The first-order chi connectivity index (χ1) is 17.0. The van der Waals surface area contributed by atoms with E-state index in [2.05, 4.69) is 5.32 Å². The fourth-order valence-electron chi connectivity index (χ4n) is 4.22. The summed E-state index contributed by atoms with van der Waals surface area (Å²) in [6, 6.07) is 26.5. The van der Waals surface area contributed by atoms with Crippen LogP contribution in [0, 0.1) is 5.82 Å². The smallest absolute Gasteiger partial charge is 0.255 e. The van der Waals surface area contributed by atoms with Crippen molar-refractivity contribution in [3.05, 3.63) is 108 Å². The number of carbonyl (C=O) groups is 2. The van der Waals surface area contributed by atoms with Crippen LogP contribution in [0.1, 0.15) is 20.7 Å². The van der Waals surface area contributed by atoms with Crippen LogP contribution >= 0.6 is 0 Å². The molecule has 3 N–H and O–H groups in total. The Morgan fingerprint density at radius 3 is 2.11 bits per heavy atom. The maximum absolute atomic E-state index is 13.4. The highest BCUT2D eigenvalue weighted by Gasteiger charge is 2.22. The number of fused-ring (bicyclic) bond motifs is 1. The molecule has 6 heteroatoms. The van der Waals surface area contributed by atoms with E-state index >= 15 is 0 Å². The molecule has 5 nitrogen and oxygen atoms in total. The molecule has 0 saturated heterocycles. The summed E-state index contributed by atoms with van der Waals surface area (Å²) in [5.41, 5.74) is 11.0. The maximum atomic E-state index is 13.4. The van der Waals surface area contributed by atoms with Gasteiger partial charge in [0.2, 0.25) is 5.91 Å². The lowest BCUT2D eigenvalue weighted by atomic mass is 9.96. The van der Waals surface area contributed by atoms with Crippen molar-refractivity contribution in [2.75, 3.05) is 7.05 Å². The quantitative estimate of drug-likeness (QED) is 0.333. The molecule has 5 aromatic rings. The molecule has 0 atom stereocenters. The molecule has 0 saturated carbocycles. The SMILES string of the molecule is CNC(=O)c1c(-c2ccc(F)cc2)oc2ccc(-c3ccc(-c4ccccc4C(N)=O)cc3)cc12. The average molecular weight is 464 g/mol. The van der Waals surface area contributed by atoms with Gasteiger partial charge in [-0.25, -0.2) is 4.39 Å². The zero-order valence-electron chi connectivity index (χ0n) is 18.8. The predicted octanol–water partition coefficient (Wildman–Crippen LogP) is 6.03. The minimum atomic E-state index is -0.478. The average Bonchev–Trinajstić information content (AvgIpc) is 3.27. The highest BCUT2D eigenvalue weighted by molar-refractivity contribution is 6.11. The summed E-state index contributed by atoms with van der Waals surface area (Å²) in [5, 5.41) is 3.33. The third kappa shape index (κ3) is 4.06. The van der Waals surface area contributed by atoms with Crippen molar-refractivity contribution < 1.29 is 18.4 Å². The number of primary amides is 1. The van der Waals surface area contributed by atoms with Crippen LogP contribution in [0.2, 0.25) is 0 Å². The largest absolute Gasteiger partial charge is 0.455 e. The zero-order valence-corrected chi connectivity index (χ0v) is 18.8. The summed E-state index contributed by atoms with van der Waals surface area (Å²) in [5.74, 6) is -0.752. The van der Waals surface area contributed by atoms with Crippen LogP contribution in [0.3, 0.4) is 0 Å². The Morgan fingerprint density at radius 1 is 0.800 bits per heavy atom. The number of amides is 2. The number of furan rings is 1. The van der Waals surface area contributed by atoms with E-state index in [0.29, 0.717) is 33.4 Å². The fraction of sp³-hybridized carbons (Fsp3) is 0.0345. The first kappa shape index (κ1) is 22.1. The Labute approximate surface area is 201 Å². The summed E-state index contributed by atoms with van der Waals surface area (Å²) >= 11 is 0. The van der Waals surface area contributed by atoms with Crippen LogP contribution in [0.4, 0.5) is 4.39 Å². The molecule has 2 amide bonds. The van der Waals surface area contributed by atoms with E-state index in [1.807, 2.05) is 54.6 Å². The normalized spacial score (nSPS) is 10.9. The first-order valence-corrected chi connectivity index (χ1v) is 11.0. The molecule has 0 unspecified atom stereocenters. The van der Waals surface area contributed by atoms with Gasteiger partial charge in [-0.3, -0.25) is 9.59 Å². The van der Waals surface area contributed by atoms with Gasteiger partial charge in [0.1, 0.15) is 17.2 Å². The highest BCUT2D eigenvalue weighted by Crippen LogP contribution is 2.36. The summed E-state index contributed by atoms with van der Waals surface area (Å²) in [7, 11) is 1.56. The standard InChI is InChI=1S/C29H21FN2O3/c1-32-29(34)26-24-16-20(12-15-25(24)35-27(26)19-10-13-21(30)14-11-19)17-6-8-18(9-7-17)22-4-2-3-5-23(22)28(31)33/h2-16H,1H3,(H2,31,33)(H,32,34). The van der Waals surface area contributed by atoms with Gasteiger partial charge in [-0.05, 0) is 64.7 Å². The molecular formula is C29H21FN2O3. The van der Waals surface area contributed by atoms with Gasteiger partial charge in [0, 0.05) is 23.6 Å². The molecule has 0 radical (unpaired) electrons. The van der Waals surface area contributed by atoms with E-state index in [9.17, 15) is 14.0 Å². The molecule has 0 spiro atoms. The van der Waals surface area contributed by atoms with Gasteiger partial charge in [-0.2, -0.15) is 0 Å². The number of rotatable bonds is 5. The fourth-order valence-corrected chi connectivity index (χ4v) is 4.22. The Balaban J connectivity index is 1.59. The second-order valence-electron chi connectivity index (χ2n) is 8.09. The molecule has 1 heterocycles. The van der Waals surface area contributed by atoms with E-state index in [4.69, 9.17) is 10.2 Å². The second kappa shape index (κ2) is 8.91. The van der Waals surface area contributed by atoms with Crippen LogP contribution in [0.25, 0.3) is 44.5 Å². The minimum Gasteiger partial charge on any atom is -0.455 e. The Hall–Kier alpha value is -4.71. The lowest BCUT2D eigenvalue weighted by Crippen LogP contribution is -2.18. The molecule has 172 valence electrons. The molecule has 0 aliphatic heterocycles. The maximum Gasteiger partial charge on any atom is 0.255 e.